The second-order valence-electron chi connectivity index (χ2n) is 4.02. The van der Waals surface area contributed by atoms with Gasteiger partial charge in [0.1, 0.15) is 5.15 Å². The summed E-state index contributed by atoms with van der Waals surface area (Å²) in [6, 6.07) is 10.1. The molecule has 2 aromatic rings. The summed E-state index contributed by atoms with van der Waals surface area (Å²) in [7, 11) is 0. The molecule has 1 aromatic heterocycles. The lowest BCUT2D eigenvalue weighted by Crippen LogP contribution is -2.24. The number of hydrogen-bond acceptors (Lipinski definition) is 3. The molecule has 0 saturated carbocycles. The van der Waals surface area contributed by atoms with Gasteiger partial charge in [-0.2, -0.15) is 4.98 Å². The van der Waals surface area contributed by atoms with Crippen molar-refractivity contribution in [3.8, 4) is 11.3 Å². The molecule has 19 heavy (non-hydrogen) atoms. The molecule has 0 saturated heterocycles. The first-order valence-corrected chi connectivity index (χ1v) is 7.66. The van der Waals surface area contributed by atoms with E-state index in [1.165, 1.54) is 0 Å². The predicted octanol–water partition coefficient (Wildman–Crippen LogP) is 4.25. The summed E-state index contributed by atoms with van der Waals surface area (Å²) in [5.74, 6) is 0.689. The SMILES string of the molecule is CCN(CC)c1nc(Cl)c(I)c(-c2ccccc2)n1. The summed E-state index contributed by atoms with van der Waals surface area (Å²) in [4.78, 5) is 11.1. The quantitative estimate of drug-likeness (QED) is 0.580. The molecule has 0 amide bonds. The third-order valence-corrected chi connectivity index (χ3v) is 4.51. The van der Waals surface area contributed by atoms with Gasteiger partial charge in [0, 0.05) is 18.7 Å². The van der Waals surface area contributed by atoms with Crippen LogP contribution in [0.3, 0.4) is 0 Å². The van der Waals surface area contributed by atoms with E-state index < -0.39 is 0 Å². The maximum absolute atomic E-state index is 6.24. The van der Waals surface area contributed by atoms with Crippen LogP contribution in [-0.4, -0.2) is 23.1 Å². The third-order valence-electron chi connectivity index (χ3n) is 2.89. The number of halogens is 2. The first kappa shape index (κ1) is 14.5. The second kappa shape index (κ2) is 6.52. The molecule has 0 unspecified atom stereocenters. The molecule has 1 aromatic carbocycles. The molecule has 0 aliphatic rings. The van der Waals surface area contributed by atoms with Gasteiger partial charge in [-0.25, -0.2) is 4.98 Å². The Morgan fingerprint density at radius 3 is 2.32 bits per heavy atom. The molecule has 0 aliphatic heterocycles. The average Bonchev–Trinajstić information content (AvgIpc) is 2.44. The Bertz CT molecular complexity index is 556. The standard InChI is InChI=1S/C14H15ClIN3/c1-3-19(4-2)14-17-12(11(16)13(15)18-14)10-8-6-5-7-9-10/h5-9H,3-4H2,1-2H3. The van der Waals surface area contributed by atoms with Gasteiger partial charge in [-0.1, -0.05) is 41.9 Å². The van der Waals surface area contributed by atoms with Crippen molar-refractivity contribution in [1.29, 1.82) is 0 Å². The lowest BCUT2D eigenvalue weighted by molar-refractivity contribution is 0.821. The molecule has 0 bridgehead atoms. The number of rotatable bonds is 4. The smallest absolute Gasteiger partial charge is 0.227 e. The van der Waals surface area contributed by atoms with Gasteiger partial charge in [-0.3, -0.25) is 0 Å². The summed E-state index contributed by atoms with van der Waals surface area (Å²) >= 11 is 8.44. The summed E-state index contributed by atoms with van der Waals surface area (Å²) in [6.45, 7) is 5.89. The Morgan fingerprint density at radius 2 is 1.74 bits per heavy atom. The Morgan fingerprint density at radius 1 is 1.11 bits per heavy atom. The van der Waals surface area contributed by atoms with E-state index in [-0.39, 0.29) is 0 Å². The van der Waals surface area contributed by atoms with Crippen molar-refractivity contribution in [3.05, 3.63) is 39.1 Å². The van der Waals surface area contributed by atoms with Crippen molar-refractivity contribution in [3.63, 3.8) is 0 Å². The first-order chi connectivity index (χ1) is 9.17. The van der Waals surface area contributed by atoms with Crippen LogP contribution in [0.2, 0.25) is 5.15 Å². The summed E-state index contributed by atoms with van der Waals surface area (Å²) in [6.07, 6.45) is 0. The minimum absolute atomic E-state index is 0.511. The summed E-state index contributed by atoms with van der Waals surface area (Å²) in [5, 5.41) is 0.511. The van der Waals surface area contributed by atoms with Gasteiger partial charge in [0.05, 0.1) is 9.26 Å². The van der Waals surface area contributed by atoms with Crippen LogP contribution in [0.5, 0.6) is 0 Å². The van der Waals surface area contributed by atoms with Crippen LogP contribution in [0.1, 0.15) is 13.8 Å². The van der Waals surface area contributed by atoms with Crippen LogP contribution in [0.15, 0.2) is 30.3 Å². The Balaban J connectivity index is 2.55. The van der Waals surface area contributed by atoms with Gasteiger partial charge in [-0.15, -0.1) is 0 Å². The molecule has 0 spiro atoms. The topological polar surface area (TPSA) is 29.0 Å². The molecule has 3 nitrogen and oxygen atoms in total. The number of benzene rings is 1. The zero-order chi connectivity index (χ0) is 13.8. The van der Waals surface area contributed by atoms with E-state index in [4.69, 9.17) is 11.6 Å². The van der Waals surface area contributed by atoms with Gasteiger partial charge in [-0.05, 0) is 36.4 Å². The monoisotopic (exact) mass is 387 g/mol. The molecule has 100 valence electrons. The highest BCUT2D eigenvalue weighted by atomic mass is 127. The van der Waals surface area contributed by atoms with Gasteiger partial charge in [0.25, 0.3) is 0 Å². The largest absolute Gasteiger partial charge is 0.341 e. The number of hydrogen-bond donors (Lipinski definition) is 0. The van der Waals surface area contributed by atoms with E-state index in [1.54, 1.807) is 0 Å². The van der Waals surface area contributed by atoms with Crippen LogP contribution in [0, 0.1) is 3.57 Å². The van der Waals surface area contributed by atoms with Crippen LogP contribution >= 0.6 is 34.2 Å². The average molecular weight is 388 g/mol. The van der Waals surface area contributed by atoms with Crippen LogP contribution < -0.4 is 4.90 Å². The van der Waals surface area contributed by atoms with Crippen molar-refractivity contribution in [2.45, 2.75) is 13.8 Å². The lowest BCUT2D eigenvalue weighted by atomic mass is 10.1. The highest BCUT2D eigenvalue weighted by molar-refractivity contribution is 14.1. The van der Waals surface area contributed by atoms with Crippen LogP contribution in [-0.2, 0) is 0 Å². The maximum Gasteiger partial charge on any atom is 0.227 e. The molecular weight excluding hydrogens is 373 g/mol. The van der Waals surface area contributed by atoms with Gasteiger partial charge in [0.15, 0.2) is 0 Å². The first-order valence-electron chi connectivity index (χ1n) is 6.20. The summed E-state index contributed by atoms with van der Waals surface area (Å²) in [5.41, 5.74) is 1.95. The molecule has 1 heterocycles. The van der Waals surface area contributed by atoms with E-state index in [0.29, 0.717) is 11.1 Å². The maximum atomic E-state index is 6.24. The molecule has 0 radical (unpaired) electrons. The Labute approximate surface area is 132 Å². The van der Waals surface area contributed by atoms with E-state index in [0.717, 1.165) is 27.9 Å². The highest BCUT2D eigenvalue weighted by Gasteiger charge is 2.15. The van der Waals surface area contributed by atoms with Crippen molar-refractivity contribution in [2.75, 3.05) is 18.0 Å². The van der Waals surface area contributed by atoms with Gasteiger partial charge < -0.3 is 4.90 Å². The second-order valence-corrected chi connectivity index (χ2v) is 5.45. The zero-order valence-electron chi connectivity index (χ0n) is 10.9. The molecule has 0 atom stereocenters. The lowest BCUT2D eigenvalue weighted by Gasteiger charge is -2.20. The minimum Gasteiger partial charge on any atom is -0.341 e. The Kier molecular flexibility index (Phi) is 4.99. The minimum atomic E-state index is 0.511. The zero-order valence-corrected chi connectivity index (χ0v) is 13.8. The molecule has 5 heteroatoms. The van der Waals surface area contributed by atoms with Gasteiger partial charge in [0.2, 0.25) is 5.95 Å². The third kappa shape index (κ3) is 3.17. The Hall–Kier alpha value is -0.880. The fourth-order valence-corrected chi connectivity index (χ4v) is 2.56. The van der Waals surface area contributed by atoms with Crippen molar-refractivity contribution in [1.82, 2.24) is 9.97 Å². The molecular formula is C14H15ClIN3. The van der Waals surface area contributed by atoms with Crippen LogP contribution in [0.4, 0.5) is 5.95 Å². The van der Waals surface area contributed by atoms with Crippen molar-refractivity contribution < 1.29 is 0 Å². The molecule has 2 rings (SSSR count). The van der Waals surface area contributed by atoms with Crippen molar-refractivity contribution in [2.24, 2.45) is 0 Å². The fraction of sp³-hybridized carbons (Fsp3) is 0.286. The number of aromatic nitrogens is 2. The van der Waals surface area contributed by atoms with E-state index >= 15 is 0 Å². The normalized spacial score (nSPS) is 10.5. The predicted molar refractivity (Wildman–Crippen MR) is 88.8 cm³/mol. The highest BCUT2D eigenvalue weighted by Crippen LogP contribution is 2.29. The summed E-state index contributed by atoms with van der Waals surface area (Å²) < 4.78 is 0.890. The number of nitrogens with zero attached hydrogens (tertiary/aromatic N) is 3. The van der Waals surface area contributed by atoms with E-state index in [2.05, 4.69) is 51.3 Å². The fourth-order valence-electron chi connectivity index (χ4n) is 1.84. The molecule has 0 N–H and O–H groups in total. The molecule has 0 fully saturated rings. The molecule has 0 aliphatic carbocycles. The van der Waals surface area contributed by atoms with Crippen LogP contribution in [0.25, 0.3) is 11.3 Å². The van der Waals surface area contributed by atoms with Crippen molar-refractivity contribution >= 4 is 40.1 Å². The van der Waals surface area contributed by atoms with E-state index in [1.807, 2.05) is 30.3 Å². The van der Waals surface area contributed by atoms with E-state index in [9.17, 15) is 0 Å². The van der Waals surface area contributed by atoms with Gasteiger partial charge >= 0.3 is 0 Å². The number of anilines is 1.